The van der Waals surface area contributed by atoms with Gasteiger partial charge in [0.1, 0.15) is 11.3 Å². The van der Waals surface area contributed by atoms with Crippen LogP contribution >= 0.6 is 0 Å². The Morgan fingerprint density at radius 3 is 2.24 bits per heavy atom. The van der Waals surface area contributed by atoms with Crippen LogP contribution in [-0.4, -0.2) is 28.4 Å². The second-order valence-electron chi connectivity index (χ2n) is 8.71. The van der Waals surface area contributed by atoms with Crippen LogP contribution in [0.25, 0.3) is 22.1 Å². The van der Waals surface area contributed by atoms with E-state index < -0.39 is 8.56 Å². The maximum atomic E-state index is 12.6. The van der Waals surface area contributed by atoms with Crippen molar-refractivity contribution in [1.82, 2.24) is 0 Å². The van der Waals surface area contributed by atoms with E-state index in [0.717, 1.165) is 68.1 Å². The van der Waals surface area contributed by atoms with Crippen LogP contribution in [0.5, 0.6) is 5.75 Å². The average Bonchev–Trinajstić information content (AvgIpc) is 2.83. The fourth-order valence-electron chi connectivity index (χ4n) is 4.19. The van der Waals surface area contributed by atoms with Gasteiger partial charge in [0, 0.05) is 24.7 Å². The van der Waals surface area contributed by atoms with Crippen molar-refractivity contribution in [2.24, 2.45) is 0 Å². The molecule has 0 aliphatic rings. The normalized spacial score (nSPS) is 11.8. The Kier molecular flexibility index (Phi) is 9.93. The van der Waals surface area contributed by atoms with E-state index in [1.807, 2.05) is 50.2 Å². The third-order valence-corrected chi connectivity index (χ3v) is 9.13. The maximum Gasteiger partial charge on any atom is 0.344 e. The van der Waals surface area contributed by atoms with Gasteiger partial charge in [-0.05, 0) is 68.6 Å². The highest BCUT2D eigenvalue weighted by molar-refractivity contribution is 6.66. The Hall–Kier alpha value is -2.41. The molecule has 3 aromatic rings. The Morgan fingerprint density at radius 1 is 0.853 bits per heavy atom. The topological polar surface area (TPSA) is 57.9 Å². The van der Waals surface area contributed by atoms with Gasteiger partial charge in [-0.2, -0.15) is 0 Å². The molecule has 0 N–H and O–H groups in total. The van der Waals surface area contributed by atoms with E-state index in [1.165, 1.54) is 5.56 Å². The van der Waals surface area contributed by atoms with Crippen molar-refractivity contribution in [1.29, 1.82) is 0 Å². The number of hydrogen-bond donors (Lipinski definition) is 0. The monoisotopic (exact) mass is 482 g/mol. The molecule has 0 unspecified atom stereocenters. The lowest BCUT2D eigenvalue weighted by molar-refractivity contribution is 0.188. The van der Waals surface area contributed by atoms with Gasteiger partial charge in [0.15, 0.2) is 0 Å². The predicted octanol–water partition coefficient (Wildman–Crippen LogP) is 7.11. The van der Waals surface area contributed by atoms with Crippen molar-refractivity contribution in [2.45, 2.75) is 65.5 Å². The molecule has 0 bridgehead atoms. The highest BCUT2D eigenvalue weighted by Crippen LogP contribution is 2.25. The average molecular weight is 483 g/mol. The van der Waals surface area contributed by atoms with Gasteiger partial charge < -0.3 is 18.0 Å². The summed E-state index contributed by atoms with van der Waals surface area (Å²) in [5.74, 6) is 0.725. The molecule has 6 heteroatoms. The third kappa shape index (κ3) is 7.29. The molecule has 0 fully saturated rings. The number of fused-ring (bicyclic) bond motifs is 1. The lowest BCUT2D eigenvalue weighted by atomic mass is 10.0. The van der Waals surface area contributed by atoms with E-state index in [-0.39, 0.29) is 5.63 Å². The van der Waals surface area contributed by atoms with Crippen molar-refractivity contribution in [3.05, 3.63) is 64.5 Å². The first-order valence-corrected chi connectivity index (χ1v) is 15.1. The van der Waals surface area contributed by atoms with Gasteiger partial charge in [0.2, 0.25) is 0 Å². The largest absolute Gasteiger partial charge is 0.493 e. The number of aryl methyl sites for hydroxylation is 1. The van der Waals surface area contributed by atoms with E-state index in [0.29, 0.717) is 17.8 Å². The van der Waals surface area contributed by atoms with Crippen LogP contribution in [-0.2, 0) is 15.3 Å². The van der Waals surface area contributed by atoms with Crippen LogP contribution in [0.15, 0.2) is 57.7 Å². The van der Waals surface area contributed by atoms with Gasteiger partial charge in [-0.25, -0.2) is 4.79 Å². The molecule has 0 saturated carbocycles. The zero-order valence-corrected chi connectivity index (χ0v) is 22.0. The van der Waals surface area contributed by atoms with E-state index in [2.05, 4.69) is 25.6 Å². The van der Waals surface area contributed by atoms with Gasteiger partial charge in [0.05, 0.1) is 12.2 Å². The summed E-state index contributed by atoms with van der Waals surface area (Å²) >= 11 is 0. The summed E-state index contributed by atoms with van der Waals surface area (Å²) in [5, 5.41) is 0.886. The Balaban J connectivity index is 1.50. The van der Waals surface area contributed by atoms with Gasteiger partial charge in [-0.15, -0.1) is 0 Å². The molecule has 0 spiro atoms. The molecule has 0 saturated heterocycles. The van der Waals surface area contributed by atoms with Gasteiger partial charge in [0.25, 0.3) is 0 Å². The smallest absolute Gasteiger partial charge is 0.344 e. The molecule has 0 amide bonds. The highest BCUT2D eigenvalue weighted by Gasteiger charge is 2.29. The fraction of sp³-hybridized carbons (Fsp3) is 0.464. The van der Waals surface area contributed by atoms with Crippen LogP contribution in [0.3, 0.4) is 0 Å². The second-order valence-corrected chi connectivity index (χ2v) is 12.1. The van der Waals surface area contributed by atoms with Gasteiger partial charge >= 0.3 is 14.2 Å². The van der Waals surface area contributed by atoms with Gasteiger partial charge in [-0.1, -0.05) is 50.5 Å². The standard InChI is InChI=1S/C28H38O5Si/c1-5-22-12-14-23(15-13-22)26-20-24-16-17-25(21-27(24)33-28(26)29)30-18-10-8-9-11-19-34(4,31-6-2)32-7-3/h12-17,20-21H,5-11,18-19H2,1-4H3. The lowest BCUT2D eigenvalue weighted by Crippen LogP contribution is -2.38. The quantitative estimate of drug-likeness (QED) is 0.139. The van der Waals surface area contributed by atoms with Crippen LogP contribution in [0.4, 0.5) is 0 Å². The van der Waals surface area contributed by atoms with Gasteiger partial charge in [-0.3, -0.25) is 0 Å². The second kappa shape index (κ2) is 12.9. The summed E-state index contributed by atoms with van der Waals surface area (Å²) in [6, 6.07) is 16.7. The summed E-state index contributed by atoms with van der Waals surface area (Å²) in [5.41, 5.74) is 2.92. The van der Waals surface area contributed by atoms with E-state index in [4.69, 9.17) is 18.0 Å². The van der Waals surface area contributed by atoms with Crippen LogP contribution < -0.4 is 10.4 Å². The molecule has 0 radical (unpaired) electrons. The van der Waals surface area contributed by atoms with E-state index in [1.54, 1.807) is 0 Å². The molecule has 184 valence electrons. The molecule has 5 nitrogen and oxygen atoms in total. The van der Waals surface area contributed by atoms with Crippen molar-refractivity contribution in [3.63, 3.8) is 0 Å². The minimum absolute atomic E-state index is 0.330. The van der Waals surface area contributed by atoms with Crippen LogP contribution in [0.2, 0.25) is 12.6 Å². The zero-order chi connectivity index (χ0) is 24.4. The molecule has 34 heavy (non-hydrogen) atoms. The summed E-state index contributed by atoms with van der Waals surface area (Å²) < 4.78 is 23.3. The number of hydrogen-bond acceptors (Lipinski definition) is 5. The van der Waals surface area contributed by atoms with Crippen LogP contribution in [0, 0.1) is 0 Å². The predicted molar refractivity (Wildman–Crippen MR) is 141 cm³/mol. The summed E-state index contributed by atoms with van der Waals surface area (Å²) in [7, 11) is -2.00. The highest BCUT2D eigenvalue weighted by atomic mass is 28.4. The number of unbranched alkanes of at least 4 members (excludes halogenated alkanes) is 3. The SMILES string of the molecule is CCO[Si](C)(CCCCCCOc1ccc2cc(-c3ccc(CC)cc3)c(=O)oc2c1)OCC. The molecule has 1 heterocycles. The minimum atomic E-state index is -2.00. The summed E-state index contributed by atoms with van der Waals surface area (Å²) in [6.45, 7) is 10.4. The van der Waals surface area contributed by atoms with E-state index in [9.17, 15) is 4.79 Å². The van der Waals surface area contributed by atoms with Crippen molar-refractivity contribution < 1.29 is 18.0 Å². The van der Waals surface area contributed by atoms with Crippen molar-refractivity contribution in [3.8, 4) is 16.9 Å². The molecule has 3 rings (SSSR count). The Labute approximate surface area is 204 Å². The molecule has 0 atom stereocenters. The summed E-state index contributed by atoms with van der Waals surface area (Å²) in [4.78, 5) is 12.6. The first-order valence-electron chi connectivity index (χ1n) is 12.6. The number of benzene rings is 2. The molecule has 1 aromatic heterocycles. The third-order valence-electron chi connectivity index (χ3n) is 6.07. The number of rotatable bonds is 14. The molecule has 2 aromatic carbocycles. The van der Waals surface area contributed by atoms with Crippen molar-refractivity contribution in [2.75, 3.05) is 19.8 Å². The fourth-order valence-corrected chi connectivity index (χ4v) is 6.68. The van der Waals surface area contributed by atoms with Crippen molar-refractivity contribution >= 4 is 19.5 Å². The lowest BCUT2D eigenvalue weighted by Gasteiger charge is -2.25. The Morgan fingerprint density at radius 2 is 1.56 bits per heavy atom. The number of ether oxygens (including phenoxy) is 1. The van der Waals surface area contributed by atoms with Crippen LogP contribution in [0.1, 0.15) is 52.0 Å². The first-order chi connectivity index (χ1) is 16.5. The molecule has 0 aliphatic carbocycles. The Bertz CT molecular complexity index is 1080. The zero-order valence-electron chi connectivity index (χ0n) is 21.0. The van der Waals surface area contributed by atoms with E-state index >= 15 is 0 Å². The minimum Gasteiger partial charge on any atom is -0.493 e. The summed E-state index contributed by atoms with van der Waals surface area (Å²) in [6.07, 6.45) is 5.31. The molecule has 0 aliphatic heterocycles. The first kappa shape index (κ1) is 26.2. The maximum absolute atomic E-state index is 12.6. The molecular formula is C28H38O5Si. The molecular weight excluding hydrogens is 444 g/mol.